The number of aliphatic hydroxyl groups excluding tert-OH is 1. The fraction of sp³-hybridized carbons (Fsp3) is 0.217. The molecule has 0 radical (unpaired) electrons. The molecule has 34 heavy (non-hydrogen) atoms. The Hall–Kier alpha value is -4.17. The Morgan fingerprint density at radius 1 is 1.21 bits per heavy atom. The number of benzene rings is 1. The number of carbonyl (C=O) groups is 1. The van der Waals surface area contributed by atoms with E-state index >= 15 is 0 Å². The van der Waals surface area contributed by atoms with E-state index in [9.17, 15) is 28.3 Å². The number of anilines is 2. The maximum atomic E-state index is 12.9. The monoisotopic (exact) mass is 469 g/mol. The zero-order valence-corrected chi connectivity index (χ0v) is 17.6. The van der Waals surface area contributed by atoms with Crippen LogP contribution in [0.4, 0.5) is 24.7 Å². The summed E-state index contributed by atoms with van der Waals surface area (Å²) in [5, 5.41) is 22.1. The van der Waals surface area contributed by atoms with E-state index in [1.54, 1.807) is 12.1 Å². The molecule has 8 nitrogen and oxygen atoms in total. The van der Waals surface area contributed by atoms with Gasteiger partial charge in [0.25, 0.3) is 5.91 Å². The lowest BCUT2D eigenvalue weighted by Gasteiger charge is -2.21. The number of hydrogen-bond donors (Lipinski definition) is 2. The van der Waals surface area contributed by atoms with E-state index in [1.807, 2.05) is 4.90 Å². The van der Waals surface area contributed by atoms with E-state index in [2.05, 4.69) is 26.1 Å². The fourth-order valence-corrected chi connectivity index (χ4v) is 3.62. The highest BCUT2D eigenvalue weighted by Gasteiger charge is 2.31. The molecule has 0 unspecified atom stereocenters. The number of rotatable bonds is 5. The Balaban J connectivity index is 1.64. The minimum absolute atomic E-state index is 0.168. The molecule has 3 aromatic rings. The highest BCUT2D eigenvalue weighted by atomic mass is 19.4. The van der Waals surface area contributed by atoms with Gasteiger partial charge in [-0.25, -0.2) is 4.98 Å². The number of hydrogen-bond acceptors (Lipinski definition) is 7. The molecule has 0 bridgehead atoms. The predicted molar refractivity (Wildman–Crippen MR) is 116 cm³/mol. The van der Waals surface area contributed by atoms with Gasteiger partial charge in [0.1, 0.15) is 11.6 Å². The molecule has 3 heterocycles. The maximum Gasteiger partial charge on any atom is 0.573 e. The van der Waals surface area contributed by atoms with Crippen LogP contribution in [0.15, 0.2) is 55.0 Å². The minimum Gasteiger partial charge on any atom is -0.406 e. The molecule has 1 fully saturated rings. The Kier molecular flexibility index (Phi) is 6.34. The van der Waals surface area contributed by atoms with Crippen molar-refractivity contribution in [3.05, 3.63) is 66.1 Å². The van der Waals surface area contributed by atoms with Gasteiger partial charge in [-0.05, 0) is 42.8 Å². The molecule has 1 aromatic carbocycles. The van der Waals surface area contributed by atoms with Crippen LogP contribution < -0.4 is 15.0 Å². The quantitative estimate of drug-likeness (QED) is 0.586. The Bertz CT molecular complexity index is 1240. The van der Waals surface area contributed by atoms with Gasteiger partial charge in [-0.2, -0.15) is 5.26 Å². The average Bonchev–Trinajstić information content (AvgIpc) is 3.25. The summed E-state index contributed by atoms with van der Waals surface area (Å²) < 4.78 is 40.8. The summed E-state index contributed by atoms with van der Waals surface area (Å²) in [6.07, 6.45) is -0.400. The van der Waals surface area contributed by atoms with Crippen molar-refractivity contribution in [2.24, 2.45) is 0 Å². The molecule has 2 aromatic heterocycles. The molecule has 174 valence electrons. The number of aliphatic hydroxyl groups is 1. The number of ether oxygens (including phenoxy) is 1. The molecule has 0 spiro atoms. The first-order valence-corrected chi connectivity index (χ1v) is 10.2. The minimum atomic E-state index is -4.81. The molecular formula is C23H18F3N5O3. The van der Waals surface area contributed by atoms with Gasteiger partial charge in [0, 0.05) is 48.5 Å². The molecule has 1 amide bonds. The molecule has 1 aliphatic rings. The summed E-state index contributed by atoms with van der Waals surface area (Å²) in [6.45, 7) is 0.918. The second kappa shape index (κ2) is 9.36. The van der Waals surface area contributed by atoms with Crippen LogP contribution >= 0.6 is 0 Å². The van der Waals surface area contributed by atoms with Crippen molar-refractivity contribution in [2.45, 2.75) is 18.9 Å². The number of carbonyl (C=O) groups excluding carboxylic acids is 1. The molecule has 2 N–H and O–H groups in total. The van der Waals surface area contributed by atoms with E-state index in [0.717, 1.165) is 12.1 Å². The van der Waals surface area contributed by atoms with Gasteiger partial charge in [0.2, 0.25) is 0 Å². The molecule has 0 saturated carbocycles. The van der Waals surface area contributed by atoms with Crippen LogP contribution in [0.3, 0.4) is 0 Å². The van der Waals surface area contributed by atoms with Gasteiger partial charge in [-0.3, -0.25) is 9.78 Å². The number of aromatic nitrogens is 2. The molecule has 1 aliphatic heterocycles. The lowest BCUT2D eigenvalue weighted by Crippen LogP contribution is -2.23. The van der Waals surface area contributed by atoms with E-state index in [1.165, 1.54) is 30.7 Å². The number of halogens is 3. The standard InChI is InChI=1S/C23H18F3N5O3/c24-23(25,26)34-18-3-1-16(2-4-18)30-22(33)15-9-19(20-12-28-7-5-14(20)10-27)21(29-11-15)31-8-6-17(32)13-31/h1-5,7,9,11-12,17,32H,6,8,13H2,(H,30,33)/t17-/m1/s1. The molecule has 11 heteroatoms. The van der Waals surface area contributed by atoms with Gasteiger partial charge in [0.15, 0.2) is 0 Å². The molecule has 1 saturated heterocycles. The maximum absolute atomic E-state index is 12.9. The number of pyridine rings is 2. The Morgan fingerprint density at radius 2 is 1.97 bits per heavy atom. The first-order valence-electron chi connectivity index (χ1n) is 10.2. The third kappa shape index (κ3) is 5.24. The number of nitriles is 1. The zero-order chi connectivity index (χ0) is 24.3. The molecule has 0 aliphatic carbocycles. The smallest absolute Gasteiger partial charge is 0.406 e. The summed E-state index contributed by atoms with van der Waals surface area (Å²) in [4.78, 5) is 23.2. The predicted octanol–water partition coefficient (Wildman–Crippen LogP) is 3.74. The van der Waals surface area contributed by atoms with E-state index in [-0.39, 0.29) is 11.3 Å². The third-order valence-electron chi connectivity index (χ3n) is 5.17. The van der Waals surface area contributed by atoms with Crippen molar-refractivity contribution in [2.75, 3.05) is 23.3 Å². The highest BCUT2D eigenvalue weighted by molar-refractivity contribution is 6.05. The lowest BCUT2D eigenvalue weighted by molar-refractivity contribution is -0.274. The Morgan fingerprint density at radius 3 is 2.62 bits per heavy atom. The second-order valence-electron chi connectivity index (χ2n) is 7.54. The SMILES string of the molecule is N#Cc1ccncc1-c1cc(C(=O)Nc2ccc(OC(F)(F)F)cc2)cnc1N1CC[C@@H](O)C1. The van der Waals surface area contributed by atoms with Crippen molar-refractivity contribution in [1.82, 2.24) is 9.97 Å². The number of amides is 1. The van der Waals surface area contributed by atoms with Gasteiger partial charge < -0.3 is 20.1 Å². The van der Waals surface area contributed by atoms with Crippen molar-refractivity contribution in [3.63, 3.8) is 0 Å². The summed E-state index contributed by atoms with van der Waals surface area (Å²) in [6, 6.07) is 9.96. The molecular weight excluding hydrogens is 451 g/mol. The topological polar surface area (TPSA) is 111 Å². The van der Waals surface area contributed by atoms with Crippen molar-refractivity contribution in [1.29, 1.82) is 5.26 Å². The molecule has 1 atom stereocenters. The van der Waals surface area contributed by atoms with Gasteiger partial charge in [0.05, 0.1) is 23.3 Å². The van der Waals surface area contributed by atoms with E-state index < -0.39 is 24.1 Å². The summed E-state index contributed by atoms with van der Waals surface area (Å²) >= 11 is 0. The average molecular weight is 469 g/mol. The number of nitrogens with zero attached hydrogens (tertiary/aromatic N) is 4. The van der Waals surface area contributed by atoms with Crippen molar-refractivity contribution >= 4 is 17.4 Å². The summed E-state index contributed by atoms with van der Waals surface area (Å²) in [5.74, 6) is -0.452. The van der Waals surface area contributed by atoms with Crippen LogP contribution in [0, 0.1) is 11.3 Å². The zero-order valence-electron chi connectivity index (χ0n) is 17.6. The van der Waals surface area contributed by atoms with Gasteiger partial charge >= 0.3 is 6.36 Å². The summed E-state index contributed by atoms with van der Waals surface area (Å²) in [7, 11) is 0. The fourth-order valence-electron chi connectivity index (χ4n) is 3.62. The first kappa shape index (κ1) is 23.0. The van der Waals surface area contributed by atoms with Crippen molar-refractivity contribution < 1.29 is 27.8 Å². The van der Waals surface area contributed by atoms with E-state index in [0.29, 0.717) is 42.0 Å². The normalized spacial score (nSPS) is 15.6. The second-order valence-corrected chi connectivity index (χ2v) is 7.54. The molecule has 4 rings (SSSR count). The van der Waals surface area contributed by atoms with E-state index in [4.69, 9.17) is 0 Å². The van der Waals surface area contributed by atoms with Crippen LogP contribution in [0.25, 0.3) is 11.1 Å². The van der Waals surface area contributed by atoms with Crippen LogP contribution in [0.5, 0.6) is 5.75 Å². The highest BCUT2D eigenvalue weighted by Crippen LogP contribution is 2.34. The van der Waals surface area contributed by atoms with Gasteiger partial charge in [-0.15, -0.1) is 13.2 Å². The Labute approximate surface area is 192 Å². The summed E-state index contributed by atoms with van der Waals surface area (Å²) in [5.41, 5.74) is 1.75. The largest absolute Gasteiger partial charge is 0.573 e. The van der Waals surface area contributed by atoms with Crippen molar-refractivity contribution in [3.8, 4) is 22.9 Å². The van der Waals surface area contributed by atoms with Gasteiger partial charge in [-0.1, -0.05) is 0 Å². The number of β-amino-alcohol motifs (C(OH)–C–C–N with tert-alkyl or cyclic N) is 1. The number of nitrogens with one attached hydrogen (secondary N) is 1. The van der Waals surface area contributed by atoms with Crippen LogP contribution in [-0.4, -0.2) is 46.5 Å². The first-order chi connectivity index (χ1) is 16.2. The lowest BCUT2D eigenvalue weighted by atomic mass is 10.0. The van der Waals surface area contributed by atoms with Crippen LogP contribution in [-0.2, 0) is 0 Å². The third-order valence-corrected chi connectivity index (χ3v) is 5.17. The van der Waals surface area contributed by atoms with Crippen LogP contribution in [0.1, 0.15) is 22.3 Å². The number of alkyl halides is 3. The van der Waals surface area contributed by atoms with Crippen LogP contribution in [0.2, 0.25) is 0 Å².